The number of carbonyl (C=O) groups is 2. The summed E-state index contributed by atoms with van der Waals surface area (Å²) in [5.74, 6) is -0.421. The van der Waals surface area contributed by atoms with Crippen LogP contribution in [0.3, 0.4) is 0 Å². The molecule has 2 N–H and O–H groups in total. The van der Waals surface area contributed by atoms with Gasteiger partial charge in [0.1, 0.15) is 5.15 Å². The minimum atomic E-state index is -0.303. The van der Waals surface area contributed by atoms with Gasteiger partial charge in [0.05, 0.1) is 5.56 Å². The van der Waals surface area contributed by atoms with Crippen molar-refractivity contribution in [3.8, 4) is 0 Å². The Kier molecular flexibility index (Phi) is 6.32. The number of hydrogen-bond acceptors (Lipinski definition) is 3. The summed E-state index contributed by atoms with van der Waals surface area (Å²) in [4.78, 5) is 28.2. The Morgan fingerprint density at radius 1 is 1.21 bits per heavy atom. The van der Waals surface area contributed by atoms with Crippen molar-refractivity contribution >= 4 is 23.4 Å². The SMILES string of the molecule is CCC(C)NC(=O)c1cccc(CNC(=O)c2cccnc2Cl)c1. The molecule has 2 amide bonds. The molecular weight excluding hydrogens is 326 g/mol. The van der Waals surface area contributed by atoms with Gasteiger partial charge >= 0.3 is 0 Å². The lowest BCUT2D eigenvalue weighted by molar-refractivity contribution is 0.0936. The van der Waals surface area contributed by atoms with Crippen molar-refractivity contribution < 1.29 is 9.59 Å². The predicted molar refractivity (Wildman–Crippen MR) is 94.1 cm³/mol. The highest BCUT2D eigenvalue weighted by Crippen LogP contribution is 2.12. The van der Waals surface area contributed by atoms with E-state index in [4.69, 9.17) is 11.6 Å². The van der Waals surface area contributed by atoms with Crippen LogP contribution in [0.1, 0.15) is 46.5 Å². The average molecular weight is 346 g/mol. The first kappa shape index (κ1) is 17.9. The van der Waals surface area contributed by atoms with Gasteiger partial charge in [-0.25, -0.2) is 4.98 Å². The predicted octanol–water partition coefficient (Wildman–Crippen LogP) is 3.19. The third-order valence-electron chi connectivity index (χ3n) is 3.64. The van der Waals surface area contributed by atoms with Crippen LogP contribution in [0.15, 0.2) is 42.6 Å². The Bertz CT molecular complexity index is 734. The fraction of sp³-hybridized carbons (Fsp3) is 0.278. The summed E-state index contributed by atoms with van der Waals surface area (Å²) in [7, 11) is 0. The smallest absolute Gasteiger partial charge is 0.254 e. The molecule has 0 aliphatic heterocycles. The minimum absolute atomic E-state index is 0.118. The van der Waals surface area contributed by atoms with E-state index >= 15 is 0 Å². The van der Waals surface area contributed by atoms with E-state index in [0.717, 1.165) is 12.0 Å². The van der Waals surface area contributed by atoms with Gasteiger partial charge in [-0.2, -0.15) is 0 Å². The van der Waals surface area contributed by atoms with Crippen LogP contribution >= 0.6 is 11.6 Å². The monoisotopic (exact) mass is 345 g/mol. The van der Waals surface area contributed by atoms with Gasteiger partial charge in [0.25, 0.3) is 11.8 Å². The zero-order valence-electron chi connectivity index (χ0n) is 13.7. The second kappa shape index (κ2) is 8.45. The number of amides is 2. The molecule has 0 aliphatic carbocycles. The maximum Gasteiger partial charge on any atom is 0.254 e. The zero-order valence-corrected chi connectivity index (χ0v) is 14.4. The molecule has 0 spiro atoms. The average Bonchev–Trinajstić information content (AvgIpc) is 2.60. The van der Waals surface area contributed by atoms with E-state index in [-0.39, 0.29) is 23.0 Å². The van der Waals surface area contributed by atoms with Crippen LogP contribution in [0.4, 0.5) is 0 Å². The van der Waals surface area contributed by atoms with Crippen LogP contribution in [-0.4, -0.2) is 22.8 Å². The third-order valence-corrected chi connectivity index (χ3v) is 3.94. The summed E-state index contributed by atoms with van der Waals surface area (Å²) < 4.78 is 0. The Morgan fingerprint density at radius 2 is 2.00 bits per heavy atom. The number of rotatable bonds is 6. The highest BCUT2D eigenvalue weighted by atomic mass is 35.5. The zero-order chi connectivity index (χ0) is 17.5. The van der Waals surface area contributed by atoms with Crippen molar-refractivity contribution in [1.29, 1.82) is 0 Å². The second-order valence-corrected chi connectivity index (χ2v) is 5.87. The molecule has 0 saturated heterocycles. The van der Waals surface area contributed by atoms with Gasteiger partial charge in [-0.1, -0.05) is 30.7 Å². The highest BCUT2D eigenvalue weighted by Gasteiger charge is 2.12. The minimum Gasteiger partial charge on any atom is -0.350 e. The van der Waals surface area contributed by atoms with E-state index < -0.39 is 0 Å². The largest absolute Gasteiger partial charge is 0.350 e. The highest BCUT2D eigenvalue weighted by molar-refractivity contribution is 6.32. The van der Waals surface area contributed by atoms with Gasteiger partial charge in [0.2, 0.25) is 0 Å². The van der Waals surface area contributed by atoms with E-state index in [1.165, 1.54) is 6.20 Å². The molecular formula is C18H20ClN3O2. The van der Waals surface area contributed by atoms with Crippen molar-refractivity contribution in [2.24, 2.45) is 0 Å². The van der Waals surface area contributed by atoms with Crippen LogP contribution in [0.2, 0.25) is 5.15 Å². The number of hydrogen-bond donors (Lipinski definition) is 2. The summed E-state index contributed by atoms with van der Waals surface area (Å²) in [6.07, 6.45) is 2.39. The van der Waals surface area contributed by atoms with Gasteiger partial charge in [-0.05, 0) is 43.2 Å². The van der Waals surface area contributed by atoms with Gasteiger partial charge in [0.15, 0.2) is 0 Å². The van der Waals surface area contributed by atoms with Crippen molar-refractivity contribution in [3.63, 3.8) is 0 Å². The quantitative estimate of drug-likeness (QED) is 0.790. The number of carbonyl (C=O) groups excluding carboxylic acids is 2. The molecule has 6 heteroatoms. The second-order valence-electron chi connectivity index (χ2n) is 5.51. The molecule has 1 unspecified atom stereocenters. The molecule has 0 bridgehead atoms. The molecule has 1 aromatic carbocycles. The number of halogens is 1. The molecule has 0 fully saturated rings. The molecule has 0 aliphatic rings. The first-order chi connectivity index (χ1) is 11.5. The number of aromatic nitrogens is 1. The number of benzene rings is 1. The van der Waals surface area contributed by atoms with Crippen LogP contribution in [0.5, 0.6) is 0 Å². The summed E-state index contributed by atoms with van der Waals surface area (Å²) in [5.41, 5.74) is 1.73. The van der Waals surface area contributed by atoms with E-state index in [2.05, 4.69) is 15.6 Å². The van der Waals surface area contributed by atoms with Gasteiger partial charge < -0.3 is 10.6 Å². The summed E-state index contributed by atoms with van der Waals surface area (Å²) in [6.45, 7) is 4.27. The summed E-state index contributed by atoms with van der Waals surface area (Å²) in [5, 5.41) is 5.86. The van der Waals surface area contributed by atoms with E-state index in [1.807, 2.05) is 19.9 Å². The normalized spacial score (nSPS) is 11.6. The Balaban J connectivity index is 2.01. The van der Waals surface area contributed by atoms with Gasteiger partial charge in [0, 0.05) is 24.3 Å². The maximum atomic E-state index is 12.1. The van der Waals surface area contributed by atoms with Crippen LogP contribution in [0, 0.1) is 0 Å². The summed E-state index contributed by atoms with van der Waals surface area (Å²) >= 11 is 5.90. The Hall–Kier alpha value is -2.40. The van der Waals surface area contributed by atoms with Gasteiger partial charge in [-0.15, -0.1) is 0 Å². The fourth-order valence-corrected chi connectivity index (χ4v) is 2.27. The maximum absolute atomic E-state index is 12.1. The molecule has 1 aromatic heterocycles. The van der Waals surface area contributed by atoms with Crippen molar-refractivity contribution in [1.82, 2.24) is 15.6 Å². The van der Waals surface area contributed by atoms with Crippen LogP contribution in [-0.2, 0) is 6.54 Å². The lowest BCUT2D eigenvalue weighted by Gasteiger charge is -2.12. The van der Waals surface area contributed by atoms with Gasteiger partial charge in [-0.3, -0.25) is 9.59 Å². The van der Waals surface area contributed by atoms with Crippen molar-refractivity contribution in [2.75, 3.05) is 0 Å². The number of nitrogens with zero attached hydrogens (tertiary/aromatic N) is 1. The topological polar surface area (TPSA) is 71.1 Å². The van der Waals surface area contributed by atoms with Crippen LogP contribution in [0.25, 0.3) is 0 Å². The van der Waals surface area contributed by atoms with E-state index in [9.17, 15) is 9.59 Å². The van der Waals surface area contributed by atoms with Crippen LogP contribution < -0.4 is 10.6 Å². The lowest BCUT2D eigenvalue weighted by Crippen LogP contribution is -2.32. The fourth-order valence-electron chi connectivity index (χ4n) is 2.06. The lowest BCUT2D eigenvalue weighted by atomic mass is 10.1. The van der Waals surface area contributed by atoms with E-state index in [1.54, 1.807) is 30.3 Å². The number of nitrogens with one attached hydrogen (secondary N) is 2. The van der Waals surface area contributed by atoms with Crippen molar-refractivity contribution in [3.05, 3.63) is 64.4 Å². The van der Waals surface area contributed by atoms with Crippen molar-refractivity contribution in [2.45, 2.75) is 32.9 Å². The Morgan fingerprint density at radius 3 is 2.71 bits per heavy atom. The first-order valence-electron chi connectivity index (χ1n) is 7.79. The van der Waals surface area contributed by atoms with E-state index in [0.29, 0.717) is 17.7 Å². The summed E-state index contributed by atoms with van der Waals surface area (Å²) in [6, 6.07) is 10.6. The third kappa shape index (κ3) is 4.80. The molecule has 2 rings (SSSR count). The molecule has 24 heavy (non-hydrogen) atoms. The Labute approximate surface area is 146 Å². The molecule has 0 radical (unpaired) electrons. The molecule has 2 aromatic rings. The molecule has 0 saturated carbocycles. The first-order valence-corrected chi connectivity index (χ1v) is 8.17. The number of pyridine rings is 1. The molecule has 126 valence electrons. The molecule has 1 heterocycles. The molecule has 5 nitrogen and oxygen atoms in total. The standard InChI is InChI=1S/C18H20ClN3O2/c1-3-12(2)22-17(23)14-7-4-6-13(10-14)11-21-18(24)15-8-5-9-20-16(15)19/h4-10,12H,3,11H2,1-2H3,(H,21,24)(H,22,23). The molecule has 1 atom stereocenters.